The van der Waals surface area contributed by atoms with Crippen molar-refractivity contribution >= 4 is 29.4 Å². The van der Waals surface area contributed by atoms with Crippen LogP contribution in [0.25, 0.3) is 0 Å². The van der Waals surface area contributed by atoms with Gasteiger partial charge in [0.15, 0.2) is 0 Å². The summed E-state index contributed by atoms with van der Waals surface area (Å²) in [5, 5.41) is 3.93. The minimum atomic E-state index is -0.0334. The molecule has 0 fully saturated rings. The fraction of sp³-hybridized carbons (Fsp3) is 0.143. The van der Waals surface area contributed by atoms with Crippen LogP contribution in [0.5, 0.6) is 0 Å². The van der Waals surface area contributed by atoms with Gasteiger partial charge in [-0.2, -0.15) is 0 Å². The van der Waals surface area contributed by atoms with Crippen LogP contribution in [0.4, 0.5) is 0 Å². The number of benzene rings is 2. The second-order valence-electron chi connectivity index (χ2n) is 5.57. The van der Waals surface area contributed by atoms with Crippen LogP contribution < -0.4 is 5.32 Å². The number of thioether (sulfide) groups is 2. The first-order valence-corrected chi connectivity index (χ1v) is 10.4. The lowest BCUT2D eigenvalue weighted by atomic mass is 10.1. The van der Waals surface area contributed by atoms with E-state index < -0.39 is 0 Å². The normalized spacial score (nSPS) is 10.5. The smallest absolute Gasteiger partial charge is 0.251 e. The zero-order valence-electron chi connectivity index (χ0n) is 14.3. The van der Waals surface area contributed by atoms with Crippen molar-refractivity contribution in [1.29, 1.82) is 0 Å². The lowest BCUT2D eigenvalue weighted by Gasteiger charge is -2.06. The number of nitrogens with one attached hydrogen (secondary N) is 1. The first kappa shape index (κ1) is 18.5. The summed E-state index contributed by atoms with van der Waals surface area (Å²) in [6.07, 6.45) is 1.78. The van der Waals surface area contributed by atoms with Crippen LogP contribution in [0.2, 0.25) is 0 Å². The van der Waals surface area contributed by atoms with Crippen molar-refractivity contribution in [3.63, 3.8) is 0 Å². The second kappa shape index (κ2) is 10.0. The number of nitrogens with zero attached hydrogens (tertiary/aromatic N) is 1. The molecule has 0 aliphatic rings. The van der Waals surface area contributed by atoms with Crippen molar-refractivity contribution in [2.75, 3.05) is 12.3 Å². The number of amides is 1. The van der Waals surface area contributed by atoms with Crippen LogP contribution in [0.15, 0.2) is 88.9 Å². The van der Waals surface area contributed by atoms with Gasteiger partial charge in [0.05, 0.1) is 5.03 Å². The third kappa shape index (κ3) is 5.93. The van der Waals surface area contributed by atoms with Gasteiger partial charge in [0.25, 0.3) is 5.91 Å². The van der Waals surface area contributed by atoms with Crippen LogP contribution >= 0.6 is 23.5 Å². The zero-order valence-corrected chi connectivity index (χ0v) is 15.9. The highest BCUT2D eigenvalue weighted by Crippen LogP contribution is 2.22. The van der Waals surface area contributed by atoms with Crippen molar-refractivity contribution in [2.45, 2.75) is 15.7 Å². The fourth-order valence-electron chi connectivity index (χ4n) is 2.29. The minimum Gasteiger partial charge on any atom is -0.351 e. The predicted molar refractivity (Wildman–Crippen MR) is 110 cm³/mol. The Morgan fingerprint density at radius 3 is 2.38 bits per heavy atom. The number of hydrogen-bond acceptors (Lipinski definition) is 4. The van der Waals surface area contributed by atoms with Gasteiger partial charge < -0.3 is 5.32 Å². The topological polar surface area (TPSA) is 42.0 Å². The standard InChI is InChI=1S/C21H20N2OS2/c24-21(23-14-15-25-20-8-4-5-13-22-20)18-11-9-17(10-12-18)16-26-19-6-2-1-3-7-19/h1-13H,14-16H2,(H,23,24). The van der Waals surface area contributed by atoms with Gasteiger partial charge in [-0.05, 0) is 42.0 Å². The largest absolute Gasteiger partial charge is 0.351 e. The molecule has 3 nitrogen and oxygen atoms in total. The quantitative estimate of drug-likeness (QED) is 0.446. The van der Waals surface area contributed by atoms with Gasteiger partial charge in [0.2, 0.25) is 0 Å². The highest BCUT2D eigenvalue weighted by atomic mass is 32.2. The van der Waals surface area contributed by atoms with Gasteiger partial charge in [-0.3, -0.25) is 4.79 Å². The van der Waals surface area contributed by atoms with Crippen molar-refractivity contribution < 1.29 is 4.79 Å². The molecule has 0 aliphatic heterocycles. The number of carbonyl (C=O) groups is 1. The van der Waals surface area contributed by atoms with Crippen LogP contribution in [-0.2, 0) is 5.75 Å². The third-order valence-electron chi connectivity index (χ3n) is 3.64. The minimum absolute atomic E-state index is 0.0334. The maximum atomic E-state index is 12.2. The van der Waals surface area contributed by atoms with Crippen molar-refractivity contribution in [1.82, 2.24) is 10.3 Å². The lowest BCUT2D eigenvalue weighted by molar-refractivity contribution is 0.0956. The molecular weight excluding hydrogens is 360 g/mol. The highest BCUT2D eigenvalue weighted by Gasteiger charge is 2.05. The summed E-state index contributed by atoms with van der Waals surface area (Å²) in [6, 6.07) is 24.0. The molecule has 3 aromatic rings. The summed E-state index contributed by atoms with van der Waals surface area (Å²) in [4.78, 5) is 17.7. The first-order valence-electron chi connectivity index (χ1n) is 8.40. The Labute approximate surface area is 162 Å². The summed E-state index contributed by atoms with van der Waals surface area (Å²) < 4.78 is 0. The van der Waals surface area contributed by atoms with E-state index in [-0.39, 0.29) is 5.91 Å². The Hall–Kier alpha value is -2.24. The van der Waals surface area contributed by atoms with Crippen LogP contribution in [0, 0.1) is 0 Å². The maximum Gasteiger partial charge on any atom is 0.251 e. The van der Waals surface area contributed by atoms with E-state index in [9.17, 15) is 4.79 Å². The molecule has 0 atom stereocenters. The van der Waals surface area contributed by atoms with E-state index in [1.54, 1.807) is 29.7 Å². The van der Waals surface area contributed by atoms with Crippen LogP contribution in [-0.4, -0.2) is 23.2 Å². The summed E-state index contributed by atoms with van der Waals surface area (Å²) in [7, 11) is 0. The first-order chi connectivity index (χ1) is 12.8. The van der Waals surface area contributed by atoms with Crippen molar-refractivity contribution in [3.05, 3.63) is 90.1 Å². The van der Waals surface area contributed by atoms with E-state index in [1.165, 1.54) is 10.5 Å². The summed E-state index contributed by atoms with van der Waals surface area (Å²) in [5.41, 5.74) is 1.91. The van der Waals surface area contributed by atoms with Gasteiger partial charge in [-0.1, -0.05) is 36.4 Å². The van der Waals surface area contributed by atoms with Gasteiger partial charge in [-0.25, -0.2) is 4.98 Å². The number of pyridine rings is 1. The number of rotatable bonds is 8. The Balaban J connectivity index is 1.41. The van der Waals surface area contributed by atoms with E-state index in [1.807, 2.05) is 60.7 Å². The molecule has 0 spiro atoms. The van der Waals surface area contributed by atoms with Gasteiger partial charge in [-0.15, -0.1) is 23.5 Å². The molecule has 1 aromatic heterocycles. The Morgan fingerprint density at radius 2 is 1.65 bits per heavy atom. The van der Waals surface area contributed by atoms with Gasteiger partial charge >= 0.3 is 0 Å². The zero-order chi connectivity index (χ0) is 18.0. The second-order valence-corrected chi connectivity index (χ2v) is 7.73. The molecule has 1 N–H and O–H groups in total. The average molecular weight is 381 g/mol. The predicted octanol–water partition coefficient (Wildman–Crippen LogP) is 4.90. The molecule has 132 valence electrons. The molecule has 0 unspecified atom stereocenters. The Bertz CT molecular complexity index is 808. The lowest BCUT2D eigenvalue weighted by Crippen LogP contribution is -2.25. The van der Waals surface area contributed by atoms with E-state index in [2.05, 4.69) is 22.4 Å². The molecule has 0 aliphatic carbocycles. The van der Waals surface area contributed by atoms with Crippen LogP contribution in [0.1, 0.15) is 15.9 Å². The molecule has 0 saturated carbocycles. The molecule has 0 saturated heterocycles. The summed E-state index contributed by atoms with van der Waals surface area (Å²) >= 11 is 3.43. The monoisotopic (exact) mass is 380 g/mol. The summed E-state index contributed by atoms with van der Waals surface area (Å²) in [5.74, 6) is 1.66. The maximum absolute atomic E-state index is 12.2. The van der Waals surface area contributed by atoms with E-state index in [0.717, 1.165) is 16.5 Å². The average Bonchev–Trinajstić information content (AvgIpc) is 2.71. The highest BCUT2D eigenvalue weighted by molar-refractivity contribution is 7.99. The Morgan fingerprint density at radius 1 is 0.885 bits per heavy atom. The third-order valence-corrected chi connectivity index (χ3v) is 5.67. The van der Waals surface area contributed by atoms with Gasteiger partial charge in [0, 0.05) is 34.7 Å². The molecule has 5 heteroatoms. The molecule has 3 rings (SSSR count). The molecule has 0 bridgehead atoms. The molecular formula is C21H20N2OS2. The summed E-state index contributed by atoms with van der Waals surface area (Å²) in [6.45, 7) is 0.617. The molecule has 1 heterocycles. The Kier molecular flexibility index (Phi) is 7.16. The van der Waals surface area contributed by atoms with E-state index in [4.69, 9.17) is 0 Å². The van der Waals surface area contributed by atoms with E-state index in [0.29, 0.717) is 12.1 Å². The fourth-order valence-corrected chi connectivity index (χ4v) is 3.89. The van der Waals surface area contributed by atoms with E-state index >= 15 is 0 Å². The molecule has 1 amide bonds. The SMILES string of the molecule is O=C(NCCSc1ccccn1)c1ccc(CSc2ccccc2)cc1. The van der Waals surface area contributed by atoms with Gasteiger partial charge in [0.1, 0.15) is 0 Å². The molecule has 0 radical (unpaired) electrons. The number of aromatic nitrogens is 1. The number of carbonyl (C=O) groups excluding carboxylic acids is 1. The number of hydrogen-bond donors (Lipinski definition) is 1. The van der Waals surface area contributed by atoms with Crippen LogP contribution in [0.3, 0.4) is 0 Å². The molecule has 2 aromatic carbocycles. The molecule has 26 heavy (non-hydrogen) atoms. The van der Waals surface area contributed by atoms with Crippen molar-refractivity contribution in [3.8, 4) is 0 Å². The van der Waals surface area contributed by atoms with Crippen molar-refractivity contribution in [2.24, 2.45) is 0 Å².